The zero-order valence-corrected chi connectivity index (χ0v) is 14.6. The standard InChI is InChI=1S/C20H25N3O2/c1-25-14-12-16-7-5-6-10-19(16)22-20(24)21-17-11-13-23(15-17)18-8-3-2-4-9-18/h2-10,17H,11-15H2,1H3,(H2,21,22,24). The SMILES string of the molecule is COCCc1ccccc1NC(=O)NC1CCN(c2ccccc2)C1. The summed E-state index contributed by atoms with van der Waals surface area (Å²) < 4.78 is 5.13. The van der Waals surface area contributed by atoms with Gasteiger partial charge in [0.1, 0.15) is 0 Å². The average molecular weight is 339 g/mol. The molecule has 0 bridgehead atoms. The molecule has 1 aliphatic rings. The minimum atomic E-state index is -0.148. The number of nitrogens with one attached hydrogen (secondary N) is 2. The van der Waals surface area contributed by atoms with Crippen LogP contribution in [0, 0.1) is 0 Å². The molecule has 5 nitrogen and oxygen atoms in total. The number of para-hydroxylation sites is 2. The predicted molar refractivity (Wildman–Crippen MR) is 101 cm³/mol. The number of methoxy groups -OCH3 is 1. The van der Waals surface area contributed by atoms with Gasteiger partial charge in [0.2, 0.25) is 0 Å². The van der Waals surface area contributed by atoms with Crippen LogP contribution in [0.4, 0.5) is 16.2 Å². The lowest BCUT2D eigenvalue weighted by molar-refractivity contribution is 0.202. The molecular formula is C20H25N3O2. The number of rotatable bonds is 6. The van der Waals surface area contributed by atoms with Crippen molar-refractivity contribution in [2.45, 2.75) is 18.9 Å². The van der Waals surface area contributed by atoms with E-state index in [0.29, 0.717) is 6.61 Å². The van der Waals surface area contributed by atoms with Crippen molar-refractivity contribution in [2.24, 2.45) is 0 Å². The maximum Gasteiger partial charge on any atom is 0.319 e. The Bertz CT molecular complexity index is 690. The summed E-state index contributed by atoms with van der Waals surface area (Å²) in [6.45, 7) is 2.43. The van der Waals surface area contributed by atoms with Gasteiger partial charge >= 0.3 is 6.03 Å². The van der Waals surface area contributed by atoms with Crippen LogP contribution in [0.3, 0.4) is 0 Å². The molecule has 0 saturated carbocycles. The molecule has 0 aromatic heterocycles. The van der Waals surface area contributed by atoms with Crippen LogP contribution in [0.5, 0.6) is 0 Å². The fourth-order valence-corrected chi connectivity index (χ4v) is 3.17. The number of ether oxygens (including phenoxy) is 1. The van der Waals surface area contributed by atoms with Gasteiger partial charge in [-0.25, -0.2) is 4.79 Å². The smallest absolute Gasteiger partial charge is 0.319 e. The minimum absolute atomic E-state index is 0.148. The summed E-state index contributed by atoms with van der Waals surface area (Å²) in [5.41, 5.74) is 3.13. The first-order chi connectivity index (χ1) is 12.3. The Morgan fingerprint density at radius 3 is 2.72 bits per heavy atom. The number of nitrogens with zero attached hydrogens (tertiary/aromatic N) is 1. The number of benzene rings is 2. The first-order valence-corrected chi connectivity index (χ1v) is 8.70. The summed E-state index contributed by atoms with van der Waals surface area (Å²) in [4.78, 5) is 14.7. The van der Waals surface area contributed by atoms with Crippen molar-refractivity contribution in [1.82, 2.24) is 5.32 Å². The van der Waals surface area contributed by atoms with Crippen LogP contribution in [0.2, 0.25) is 0 Å². The highest BCUT2D eigenvalue weighted by atomic mass is 16.5. The van der Waals surface area contributed by atoms with Crippen LogP contribution in [-0.2, 0) is 11.2 Å². The van der Waals surface area contributed by atoms with Crippen LogP contribution < -0.4 is 15.5 Å². The van der Waals surface area contributed by atoms with E-state index in [1.165, 1.54) is 5.69 Å². The Balaban J connectivity index is 1.54. The Morgan fingerprint density at radius 1 is 1.16 bits per heavy atom. The topological polar surface area (TPSA) is 53.6 Å². The van der Waals surface area contributed by atoms with E-state index in [9.17, 15) is 4.79 Å². The molecule has 5 heteroatoms. The third kappa shape index (κ3) is 4.73. The van der Waals surface area contributed by atoms with Crippen molar-refractivity contribution >= 4 is 17.4 Å². The number of urea groups is 1. The lowest BCUT2D eigenvalue weighted by Crippen LogP contribution is -2.39. The van der Waals surface area contributed by atoms with Gasteiger partial charge in [-0.05, 0) is 36.6 Å². The van der Waals surface area contributed by atoms with Crippen LogP contribution in [-0.4, -0.2) is 38.9 Å². The molecule has 2 aromatic rings. The average Bonchev–Trinajstić information content (AvgIpc) is 3.10. The molecule has 1 fully saturated rings. The van der Waals surface area contributed by atoms with Crippen molar-refractivity contribution in [2.75, 3.05) is 37.0 Å². The van der Waals surface area contributed by atoms with Gasteiger partial charge in [0.05, 0.1) is 6.61 Å². The molecule has 0 spiro atoms. The molecule has 1 unspecified atom stereocenters. The second kappa shape index (κ2) is 8.53. The molecule has 1 heterocycles. The molecule has 1 atom stereocenters. The fraction of sp³-hybridized carbons (Fsp3) is 0.350. The summed E-state index contributed by atoms with van der Waals surface area (Å²) in [6.07, 6.45) is 1.73. The summed E-state index contributed by atoms with van der Waals surface area (Å²) in [5, 5.41) is 6.06. The molecule has 1 saturated heterocycles. The molecule has 2 amide bonds. The largest absolute Gasteiger partial charge is 0.384 e. The van der Waals surface area contributed by atoms with E-state index in [4.69, 9.17) is 4.74 Å². The Morgan fingerprint density at radius 2 is 1.92 bits per heavy atom. The highest BCUT2D eigenvalue weighted by Gasteiger charge is 2.24. The molecule has 3 rings (SSSR count). The van der Waals surface area contributed by atoms with Crippen LogP contribution in [0.15, 0.2) is 54.6 Å². The normalized spacial score (nSPS) is 16.7. The molecule has 132 valence electrons. The van der Waals surface area contributed by atoms with Crippen molar-refractivity contribution in [3.8, 4) is 0 Å². The van der Waals surface area contributed by atoms with Crippen LogP contribution in [0.1, 0.15) is 12.0 Å². The number of hydrogen-bond donors (Lipinski definition) is 2. The maximum atomic E-state index is 12.4. The van der Waals surface area contributed by atoms with Crippen molar-refractivity contribution in [1.29, 1.82) is 0 Å². The second-order valence-electron chi connectivity index (χ2n) is 6.27. The maximum absolute atomic E-state index is 12.4. The number of hydrogen-bond acceptors (Lipinski definition) is 3. The second-order valence-corrected chi connectivity index (χ2v) is 6.27. The Kier molecular flexibility index (Phi) is 5.90. The van der Waals surface area contributed by atoms with Gasteiger partial charge in [-0.15, -0.1) is 0 Å². The zero-order chi connectivity index (χ0) is 17.5. The number of carbonyl (C=O) groups excluding carboxylic acids is 1. The van der Waals surface area contributed by atoms with Gasteiger partial charge in [-0.1, -0.05) is 36.4 Å². The van der Waals surface area contributed by atoms with Gasteiger partial charge in [0.25, 0.3) is 0 Å². The van der Waals surface area contributed by atoms with E-state index in [2.05, 4.69) is 27.7 Å². The molecule has 1 aliphatic heterocycles. The third-order valence-electron chi connectivity index (χ3n) is 4.49. The first kappa shape index (κ1) is 17.3. The Labute approximate surface area is 149 Å². The minimum Gasteiger partial charge on any atom is -0.384 e. The highest BCUT2D eigenvalue weighted by Crippen LogP contribution is 2.20. The van der Waals surface area contributed by atoms with E-state index in [1.807, 2.05) is 42.5 Å². The number of amides is 2. The summed E-state index contributed by atoms with van der Waals surface area (Å²) >= 11 is 0. The van der Waals surface area contributed by atoms with Gasteiger partial charge in [0.15, 0.2) is 0 Å². The molecular weight excluding hydrogens is 314 g/mol. The Hall–Kier alpha value is -2.53. The van der Waals surface area contributed by atoms with E-state index in [0.717, 1.165) is 37.2 Å². The van der Waals surface area contributed by atoms with Gasteiger partial charge < -0.3 is 20.3 Å². The summed E-state index contributed by atoms with van der Waals surface area (Å²) in [7, 11) is 1.68. The molecule has 0 radical (unpaired) electrons. The third-order valence-corrected chi connectivity index (χ3v) is 4.49. The van der Waals surface area contributed by atoms with E-state index in [1.54, 1.807) is 7.11 Å². The first-order valence-electron chi connectivity index (χ1n) is 8.70. The van der Waals surface area contributed by atoms with Gasteiger partial charge in [-0.3, -0.25) is 0 Å². The van der Waals surface area contributed by atoms with E-state index >= 15 is 0 Å². The monoisotopic (exact) mass is 339 g/mol. The van der Waals surface area contributed by atoms with Crippen LogP contribution >= 0.6 is 0 Å². The fourth-order valence-electron chi connectivity index (χ4n) is 3.17. The van der Waals surface area contributed by atoms with Crippen molar-refractivity contribution in [3.63, 3.8) is 0 Å². The summed E-state index contributed by atoms with van der Waals surface area (Å²) in [6, 6.07) is 18.2. The van der Waals surface area contributed by atoms with Crippen molar-refractivity contribution in [3.05, 3.63) is 60.2 Å². The van der Waals surface area contributed by atoms with E-state index in [-0.39, 0.29) is 12.1 Å². The molecule has 25 heavy (non-hydrogen) atoms. The van der Waals surface area contributed by atoms with Gasteiger partial charge in [0, 0.05) is 37.6 Å². The van der Waals surface area contributed by atoms with Crippen LogP contribution in [0.25, 0.3) is 0 Å². The number of anilines is 2. The van der Waals surface area contributed by atoms with Gasteiger partial charge in [-0.2, -0.15) is 0 Å². The predicted octanol–water partition coefficient (Wildman–Crippen LogP) is 3.28. The molecule has 2 aromatic carbocycles. The lowest BCUT2D eigenvalue weighted by atomic mass is 10.1. The molecule has 2 N–H and O–H groups in total. The molecule has 0 aliphatic carbocycles. The van der Waals surface area contributed by atoms with Crippen molar-refractivity contribution < 1.29 is 9.53 Å². The zero-order valence-electron chi connectivity index (χ0n) is 14.6. The van der Waals surface area contributed by atoms with E-state index < -0.39 is 0 Å². The highest BCUT2D eigenvalue weighted by molar-refractivity contribution is 5.90. The quantitative estimate of drug-likeness (QED) is 0.849. The lowest BCUT2D eigenvalue weighted by Gasteiger charge is -2.19. The summed E-state index contributed by atoms with van der Waals surface area (Å²) in [5.74, 6) is 0. The number of carbonyl (C=O) groups is 1.